The molecule has 0 heterocycles. The van der Waals surface area contributed by atoms with Crippen LogP contribution in [0, 0.1) is 5.82 Å². The van der Waals surface area contributed by atoms with Gasteiger partial charge in [-0.2, -0.15) is 0 Å². The molecule has 1 N–H and O–H groups in total. The van der Waals surface area contributed by atoms with Crippen LogP contribution < -0.4 is 5.32 Å². The first-order chi connectivity index (χ1) is 8.67. The van der Waals surface area contributed by atoms with Crippen molar-refractivity contribution in [2.45, 2.75) is 32.2 Å². The molecule has 0 spiro atoms. The Labute approximate surface area is 117 Å². The monoisotopic (exact) mass is 317 g/mol. The van der Waals surface area contributed by atoms with E-state index in [-0.39, 0.29) is 5.82 Å². The molecule has 0 fully saturated rings. The maximum atomic E-state index is 13.2. The van der Waals surface area contributed by atoms with E-state index in [4.69, 9.17) is 4.74 Å². The van der Waals surface area contributed by atoms with Crippen LogP contribution in [0.15, 0.2) is 22.7 Å². The van der Waals surface area contributed by atoms with Gasteiger partial charge in [-0.25, -0.2) is 4.39 Å². The summed E-state index contributed by atoms with van der Waals surface area (Å²) in [4.78, 5) is 0. The Morgan fingerprint density at radius 3 is 2.83 bits per heavy atom. The molecule has 102 valence electrons. The second kappa shape index (κ2) is 8.62. The molecule has 4 heteroatoms. The van der Waals surface area contributed by atoms with E-state index in [1.54, 1.807) is 12.1 Å². The van der Waals surface area contributed by atoms with Crippen molar-refractivity contribution in [3.63, 3.8) is 0 Å². The first kappa shape index (κ1) is 15.6. The summed E-state index contributed by atoms with van der Waals surface area (Å²) in [5, 5.41) is 3.25. The van der Waals surface area contributed by atoms with Gasteiger partial charge in [0, 0.05) is 23.7 Å². The summed E-state index contributed by atoms with van der Waals surface area (Å²) in [7, 11) is 1.93. The Bertz CT molecular complexity index is 360. The highest BCUT2D eigenvalue weighted by atomic mass is 79.9. The second-order valence-corrected chi connectivity index (χ2v) is 5.18. The van der Waals surface area contributed by atoms with Crippen molar-refractivity contribution in [3.05, 3.63) is 34.1 Å². The first-order valence-corrected chi connectivity index (χ1v) is 7.15. The molecule has 18 heavy (non-hydrogen) atoms. The van der Waals surface area contributed by atoms with Gasteiger partial charge in [0.15, 0.2) is 0 Å². The fourth-order valence-corrected chi connectivity index (χ4v) is 2.19. The molecule has 0 aliphatic rings. The third-order valence-corrected chi connectivity index (χ3v) is 3.62. The third kappa shape index (κ3) is 5.46. The fraction of sp³-hybridized carbons (Fsp3) is 0.571. The minimum atomic E-state index is -0.190. The molecule has 1 unspecified atom stereocenters. The van der Waals surface area contributed by atoms with E-state index in [2.05, 4.69) is 28.2 Å². The maximum absolute atomic E-state index is 13.2. The predicted molar refractivity (Wildman–Crippen MR) is 76.4 cm³/mol. The van der Waals surface area contributed by atoms with Crippen molar-refractivity contribution in [2.75, 3.05) is 20.3 Å². The van der Waals surface area contributed by atoms with Gasteiger partial charge in [0.25, 0.3) is 0 Å². The van der Waals surface area contributed by atoms with Crippen molar-refractivity contribution in [2.24, 2.45) is 0 Å². The Kier molecular flexibility index (Phi) is 7.47. The van der Waals surface area contributed by atoms with Gasteiger partial charge < -0.3 is 10.1 Å². The van der Waals surface area contributed by atoms with Gasteiger partial charge in [-0.1, -0.05) is 22.9 Å². The molecule has 0 bridgehead atoms. The van der Waals surface area contributed by atoms with Crippen molar-refractivity contribution in [1.29, 1.82) is 0 Å². The van der Waals surface area contributed by atoms with Crippen LogP contribution in [-0.2, 0) is 11.2 Å². The number of likely N-dealkylation sites (N-methyl/N-ethyl adjacent to an activating group) is 1. The molecule has 1 rings (SSSR count). The number of ether oxygens (including phenoxy) is 1. The molecule has 2 nitrogen and oxygen atoms in total. The number of nitrogens with one attached hydrogen (secondary N) is 1. The summed E-state index contributed by atoms with van der Waals surface area (Å²) in [5.41, 5.74) is 0.991. The first-order valence-electron chi connectivity index (χ1n) is 6.36. The summed E-state index contributed by atoms with van der Waals surface area (Å²) < 4.78 is 19.6. The second-order valence-electron chi connectivity index (χ2n) is 4.33. The van der Waals surface area contributed by atoms with Crippen molar-refractivity contribution in [1.82, 2.24) is 5.32 Å². The Morgan fingerprint density at radius 1 is 1.39 bits per heavy atom. The summed E-state index contributed by atoms with van der Waals surface area (Å²) in [6.07, 6.45) is 2.77. The van der Waals surface area contributed by atoms with Gasteiger partial charge in [-0.05, 0) is 50.1 Å². The largest absolute Gasteiger partial charge is 0.381 e. The minimum absolute atomic E-state index is 0.190. The SMILES string of the molecule is CCCOCCC(Cc1cc(F)ccc1Br)NC. The van der Waals surface area contributed by atoms with Crippen molar-refractivity contribution < 1.29 is 9.13 Å². The van der Waals surface area contributed by atoms with Gasteiger partial charge in [-0.15, -0.1) is 0 Å². The van der Waals surface area contributed by atoms with Gasteiger partial charge in [0.2, 0.25) is 0 Å². The molecule has 0 amide bonds. The van der Waals surface area contributed by atoms with Crippen LogP contribution in [0.3, 0.4) is 0 Å². The zero-order valence-corrected chi connectivity index (χ0v) is 12.6. The lowest BCUT2D eigenvalue weighted by Crippen LogP contribution is -2.29. The van der Waals surface area contributed by atoms with Crippen LogP contribution in [0.1, 0.15) is 25.3 Å². The highest BCUT2D eigenvalue weighted by Gasteiger charge is 2.10. The van der Waals surface area contributed by atoms with Gasteiger partial charge in [0.05, 0.1) is 0 Å². The summed E-state index contributed by atoms with van der Waals surface area (Å²) in [6.45, 7) is 3.64. The number of halogens is 2. The lowest BCUT2D eigenvalue weighted by Gasteiger charge is -2.17. The van der Waals surface area contributed by atoms with Crippen molar-refractivity contribution in [3.8, 4) is 0 Å². The van der Waals surface area contributed by atoms with E-state index in [0.29, 0.717) is 6.04 Å². The quantitative estimate of drug-likeness (QED) is 0.740. The number of hydrogen-bond donors (Lipinski definition) is 1. The average Bonchev–Trinajstić information content (AvgIpc) is 2.37. The lowest BCUT2D eigenvalue weighted by atomic mass is 10.0. The van der Waals surface area contributed by atoms with Gasteiger partial charge in [0.1, 0.15) is 5.82 Å². The van der Waals surface area contributed by atoms with E-state index >= 15 is 0 Å². The Morgan fingerprint density at radius 2 is 2.17 bits per heavy atom. The van der Waals surface area contributed by atoms with Crippen LogP contribution in [0.25, 0.3) is 0 Å². The minimum Gasteiger partial charge on any atom is -0.381 e. The zero-order valence-electron chi connectivity index (χ0n) is 11.0. The average molecular weight is 318 g/mol. The summed E-state index contributed by atoms with van der Waals surface area (Å²) >= 11 is 3.46. The van der Waals surface area contributed by atoms with Crippen LogP contribution >= 0.6 is 15.9 Å². The van der Waals surface area contributed by atoms with Gasteiger partial charge in [-0.3, -0.25) is 0 Å². The van der Waals surface area contributed by atoms with Crippen LogP contribution in [0.2, 0.25) is 0 Å². The van der Waals surface area contributed by atoms with Crippen molar-refractivity contribution >= 4 is 15.9 Å². The molecule has 0 saturated carbocycles. The van der Waals surface area contributed by atoms with E-state index in [9.17, 15) is 4.39 Å². The zero-order chi connectivity index (χ0) is 13.4. The van der Waals surface area contributed by atoms with Crippen LogP contribution in [-0.4, -0.2) is 26.3 Å². The number of hydrogen-bond acceptors (Lipinski definition) is 2. The topological polar surface area (TPSA) is 21.3 Å². The smallest absolute Gasteiger partial charge is 0.123 e. The Hall–Kier alpha value is -0.450. The molecule has 0 saturated heterocycles. The molecular formula is C14H21BrFNO. The summed E-state index contributed by atoms with van der Waals surface area (Å²) in [5.74, 6) is -0.190. The summed E-state index contributed by atoms with van der Waals surface area (Å²) in [6, 6.07) is 5.11. The molecule has 0 aliphatic heterocycles. The fourth-order valence-electron chi connectivity index (χ4n) is 1.79. The molecule has 0 radical (unpaired) electrons. The maximum Gasteiger partial charge on any atom is 0.123 e. The molecule has 0 aromatic heterocycles. The van der Waals surface area contributed by atoms with E-state index < -0.39 is 0 Å². The normalized spacial score (nSPS) is 12.7. The number of benzene rings is 1. The predicted octanol–water partition coefficient (Wildman–Crippen LogP) is 3.54. The highest BCUT2D eigenvalue weighted by Crippen LogP contribution is 2.20. The third-order valence-electron chi connectivity index (χ3n) is 2.84. The standard InChI is InChI=1S/C14H21BrFNO/c1-3-7-18-8-6-13(17-2)10-11-9-12(16)4-5-14(11)15/h4-5,9,13,17H,3,6-8,10H2,1-2H3. The van der Waals surface area contributed by atoms with Crippen LogP contribution in [0.4, 0.5) is 4.39 Å². The van der Waals surface area contributed by atoms with Crippen LogP contribution in [0.5, 0.6) is 0 Å². The Balaban J connectivity index is 2.48. The van der Waals surface area contributed by atoms with E-state index in [1.165, 1.54) is 6.07 Å². The van der Waals surface area contributed by atoms with E-state index in [1.807, 2.05) is 7.05 Å². The highest BCUT2D eigenvalue weighted by molar-refractivity contribution is 9.10. The van der Waals surface area contributed by atoms with Gasteiger partial charge >= 0.3 is 0 Å². The lowest BCUT2D eigenvalue weighted by molar-refractivity contribution is 0.125. The number of rotatable bonds is 8. The van der Waals surface area contributed by atoms with E-state index in [0.717, 1.165) is 42.5 Å². The molecular weight excluding hydrogens is 297 g/mol. The molecule has 1 atom stereocenters. The molecule has 0 aliphatic carbocycles. The molecule has 1 aromatic carbocycles. The molecule has 1 aromatic rings.